The van der Waals surface area contributed by atoms with Crippen LogP contribution in [0.3, 0.4) is 0 Å². The highest BCUT2D eigenvalue weighted by Gasteiger charge is 2.25. The van der Waals surface area contributed by atoms with E-state index >= 15 is 0 Å². The lowest BCUT2D eigenvalue weighted by atomic mass is 10.0. The summed E-state index contributed by atoms with van der Waals surface area (Å²) in [5, 5.41) is 6.48. The van der Waals surface area contributed by atoms with Crippen molar-refractivity contribution in [1.29, 1.82) is 0 Å². The Balaban J connectivity index is 2.05. The molecule has 1 amide bonds. The van der Waals surface area contributed by atoms with Crippen molar-refractivity contribution in [3.63, 3.8) is 0 Å². The largest absolute Gasteiger partial charge is 0.348 e. The molecule has 0 spiro atoms. The molecular formula is C14H14ClN5O. The predicted molar refractivity (Wildman–Crippen MR) is 80.6 cm³/mol. The highest BCUT2D eigenvalue weighted by atomic mass is 35.5. The number of aromatic nitrogens is 2. The zero-order valence-electron chi connectivity index (χ0n) is 11.4. The Morgan fingerprint density at radius 3 is 3.10 bits per heavy atom. The summed E-state index contributed by atoms with van der Waals surface area (Å²) in [7, 11) is 0. The molecule has 0 saturated heterocycles. The number of anilines is 2. The van der Waals surface area contributed by atoms with E-state index in [-0.39, 0.29) is 5.91 Å². The normalized spacial score (nSPS) is 13.0. The van der Waals surface area contributed by atoms with Gasteiger partial charge in [-0.2, -0.15) is 0 Å². The summed E-state index contributed by atoms with van der Waals surface area (Å²) < 4.78 is 0. The summed E-state index contributed by atoms with van der Waals surface area (Å²) >= 11 is 6.41. The van der Waals surface area contributed by atoms with E-state index in [4.69, 9.17) is 17.3 Å². The average molecular weight is 304 g/mol. The van der Waals surface area contributed by atoms with Crippen LogP contribution in [0, 0.1) is 6.92 Å². The maximum atomic E-state index is 11.8. The molecule has 1 aliphatic rings. The molecule has 1 aromatic carbocycles. The van der Waals surface area contributed by atoms with Crippen LogP contribution in [0.1, 0.15) is 27.0 Å². The number of aryl methyl sites for hydroxylation is 1. The fourth-order valence-corrected chi connectivity index (χ4v) is 2.70. The van der Waals surface area contributed by atoms with Crippen LogP contribution in [0.5, 0.6) is 0 Å². The first-order valence-corrected chi connectivity index (χ1v) is 6.85. The van der Waals surface area contributed by atoms with Crippen molar-refractivity contribution in [3.05, 3.63) is 45.9 Å². The highest BCUT2D eigenvalue weighted by Crippen LogP contribution is 2.35. The van der Waals surface area contributed by atoms with Crippen molar-refractivity contribution < 1.29 is 4.79 Å². The van der Waals surface area contributed by atoms with Gasteiger partial charge in [0.15, 0.2) is 0 Å². The number of fused-ring (bicyclic) bond motifs is 1. The molecule has 108 valence electrons. The summed E-state index contributed by atoms with van der Waals surface area (Å²) in [5.74, 6) is 0.534. The van der Waals surface area contributed by atoms with E-state index in [1.807, 2.05) is 13.0 Å². The van der Waals surface area contributed by atoms with Gasteiger partial charge in [-0.15, -0.1) is 0 Å². The van der Waals surface area contributed by atoms with Crippen LogP contribution in [0.2, 0.25) is 5.02 Å². The average Bonchev–Trinajstić information content (AvgIpc) is 2.87. The molecule has 6 nitrogen and oxygen atoms in total. The Morgan fingerprint density at radius 1 is 1.52 bits per heavy atom. The van der Waals surface area contributed by atoms with Gasteiger partial charge in [0.1, 0.15) is 12.1 Å². The van der Waals surface area contributed by atoms with Gasteiger partial charge >= 0.3 is 0 Å². The van der Waals surface area contributed by atoms with Gasteiger partial charge in [0, 0.05) is 36.0 Å². The van der Waals surface area contributed by atoms with Crippen LogP contribution in [-0.2, 0) is 13.1 Å². The molecular weight excluding hydrogens is 290 g/mol. The number of rotatable bonds is 3. The molecule has 0 fully saturated rings. The van der Waals surface area contributed by atoms with Gasteiger partial charge in [-0.05, 0) is 18.6 Å². The lowest BCUT2D eigenvalue weighted by molar-refractivity contribution is 0.0965. The number of hydrogen-bond donors (Lipinski definition) is 3. The minimum absolute atomic E-state index is 0.0827. The first-order valence-electron chi connectivity index (χ1n) is 6.48. The van der Waals surface area contributed by atoms with Crippen LogP contribution < -0.4 is 16.4 Å². The van der Waals surface area contributed by atoms with Crippen LogP contribution >= 0.6 is 11.6 Å². The monoisotopic (exact) mass is 303 g/mol. The summed E-state index contributed by atoms with van der Waals surface area (Å²) in [6, 6.07) is 1.84. The van der Waals surface area contributed by atoms with Gasteiger partial charge in [0.05, 0.1) is 10.7 Å². The number of carbonyl (C=O) groups is 1. The van der Waals surface area contributed by atoms with Crippen molar-refractivity contribution in [2.24, 2.45) is 5.73 Å². The third-order valence-corrected chi connectivity index (χ3v) is 3.90. The lowest BCUT2D eigenvalue weighted by Gasteiger charge is -2.14. The number of hydrogen-bond acceptors (Lipinski definition) is 5. The zero-order valence-corrected chi connectivity index (χ0v) is 12.2. The van der Waals surface area contributed by atoms with E-state index in [1.54, 1.807) is 6.20 Å². The molecule has 2 heterocycles. The fourth-order valence-electron chi connectivity index (χ4n) is 2.44. The molecule has 2 aromatic rings. The van der Waals surface area contributed by atoms with Crippen molar-refractivity contribution in [3.8, 4) is 0 Å². The van der Waals surface area contributed by atoms with Crippen molar-refractivity contribution in [1.82, 2.24) is 15.3 Å². The van der Waals surface area contributed by atoms with Crippen molar-refractivity contribution >= 4 is 29.0 Å². The Labute approximate surface area is 126 Å². The Morgan fingerprint density at radius 2 is 2.33 bits per heavy atom. The zero-order chi connectivity index (χ0) is 15.0. The molecule has 21 heavy (non-hydrogen) atoms. The number of carbonyl (C=O) groups excluding carboxylic acids is 1. The molecule has 3 rings (SSSR count). The van der Waals surface area contributed by atoms with Gasteiger partial charge in [0.2, 0.25) is 0 Å². The number of halogens is 1. The van der Waals surface area contributed by atoms with Gasteiger partial charge < -0.3 is 16.4 Å². The molecule has 4 N–H and O–H groups in total. The van der Waals surface area contributed by atoms with Gasteiger partial charge in [-0.3, -0.25) is 4.79 Å². The van der Waals surface area contributed by atoms with Crippen LogP contribution in [0.4, 0.5) is 11.5 Å². The van der Waals surface area contributed by atoms with Crippen molar-refractivity contribution in [2.45, 2.75) is 20.0 Å². The van der Waals surface area contributed by atoms with Gasteiger partial charge in [-0.25, -0.2) is 9.97 Å². The van der Waals surface area contributed by atoms with E-state index < -0.39 is 0 Å². The molecule has 0 unspecified atom stereocenters. The molecule has 0 saturated carbocycles. The second kappa shape index (κ2) is 5.31. The number of benzene rings is 1. The summed E-state index contributed by atoms with van der Waals surface area (Å²) in [6.07, 6.45) is 3.11. The highest BCUT2D eigenvalue weighted by molar-refractivity contribution is 6.35. The predicted octanol–water partition coefficient (Wildman–Crippen LogP) is 1.88. The number of nitrogens with two attached hydrogens (primary N) is 1. The van der Waals surface area contributed by atoms with E-state index in [0.717, 1.165) is 16.7 Å². The van der Waals surface area contributed by atoms with E-state index in [0.29, 0.717) is 35.2 Å². The smallest absolute Gasteiger partial charge is 0.252 e. The number of nitrogens with one attached hydrogen (secondary N) is 2. The standard InChI is InChI=1S/C14H14ClN5O/c1-7-2-10(12(15)9-5-18-14(21)11(7)9)20-13-8(3-16)4-17-6-19-13/h2,4,6H,3,5,16H2,1H3,(H,18,21)(H,17,19,20). The number of amides is 1. The summed E-state index contributed by atoms with van der Waals surface area (Å²) in [4.78, 5) is 19.9. The van der Waals surface area contributed by atoms with E-state index in [2.05, 4.69) is 20.6 Å². The van der Waals surface area contributed by atoms with Gasteiger partial charge in [-0.1, -0.05) is 11.6 Å². The molecule has 0 atom stereocenters. The van der Waals surface area contributed by atoms with Crippen LogP contribution in [0.15, 0.2) is 18.6 Å². The minimum atomic E-state index is -0.0827. The SMILES string of the molecule is Cc1cc(Nc2ncncc2CN)c(Cl)c2c1C(=O)NC2. The third-order valence-electron chi connectivity index (χ3n) is 3.47. The van der Waals surface area contributed by atoms with Crippen LogP contribution in [0.25, 0.3) is 0 Å². The first kappa shape index (κ1) is 13.8. The summed E-state index contributed by atoms with van der Waals surface area (Å²) in [5.41, 5.74) is 9.51. The fraction of sp³-hybridized carbons (Fsp3) is 0.214. The lowest BCUT2D eigenvalue weighted by Crippen LogP contribution is -2.13. The van der Waals surface area contributed by atoms with Crippen LogP contribution in [-0.4, -0.2) is 15.9 Å². The van der Waals surface area contributed by atoms with Crippen molar-refractivity contribution in [2.75, 3.05) is 5.32 Å². The molecule has 7 heteroatoms. The summed E-state index contributed by atoms with van der Waals surface area (Å²) in [6.45, 7) is 2.65. The Kier molecular flexibility index (Phi) is 3.48. The van der Waals surface area contributed by atoms with E-state index in [1.165, 1.54) is 6.33 Å². The molecule has 0 bridgehead atoms. The topological polar surface area (TPSA) is 92.9 Å². The molecule has 1 aromatic heterocycles. The second-order valence-electron chi connectivity index (χ2n) is 4.82. The first-order chi connectivity index (χ1) is 10.1. The molecule has 0 aliphatic carbocycles. The molecule has 0 radical (unpaired) electrons. The Hall–Kier alpha value is -2.18. The number of nitrogens with zero attached hydrogens (tertiary/aromatic N) is 2. The quantitative estimate of drug-likeness (QED) is 0.805. The van der Waals surface area contributed by atoms with Gasteiger partial charge in [0.25, 0.3) is 5.91 Å². The second-order valence-corrected chi connectivity index (χ2v) is 5.19. The third kappa shape index (κ3) is 2.32. The maximum Gasteiger partial charge on any atom is 0.252 e. The van der Waals surface area contributed by atoms with E-state index in [9.17, 15) is 4.79 Å². The minimum Gasteiger partial charge on any atom is -0.348 e. The maximum absolute atomic E-state index is 11.8. The Bertz CT molecular complexity index is 732. The molecule has 1 aliphatic heterocycles.